The molecule has 1 saturated heterocycles. The highest BCUT2D eigenvalue weighted by molar-refractivity contribution is 7.89. The molecule has 0 radical (unpaired) electrons. The van der Waals surface area contributed by atoms with Gasteiger partial charge in [0.05, 0.1) is 12.0 Å². The molecule has 0 aromatic heterocycles. The molecule has 0 bridgehead atoms. The normalized spacial score (nSPS) is 17.2. The number of sulfonamides is 1. The first-order valence-electron chi connectivity index (χ1n) is 8.78. The molecule has 144 valence electrons. The third kappa shape index (κ3) is 3.30. The van der Waals surface area contributed by atoms with Gasteiger partial charge in [0.25, 0.3) is 0 Å². The average molecular weight is 390 g/mol. The van der Waals surface area contributed by atoms with Gasteiger partial charge in [-0.05, 0) is 42.8 Å². The van der Waals surface area contributed by atoms with Crippen LogP contribution < -0.4 is 19.1 Å². The summed E-state index contributed by atoms with van der Waals surface area (Å²) in [6.07, 6.45) is 0. The highest BCUT2D eigenvalue weighted by atomic mass is 32.2. The Hall–Kier alpha value is -2.45. The minimum Gasteiger partial charge on any atom is -0.497 e. The van der Waals surface area contributed by atoms with Gasteiger partial charge in [-0.15, -0.1) is 0 Å². The quantitative estimate of drug-likeness (QED) is 0.798. The minimum atomic E-state index is -3.53. The zero-order valence-corrected chi connectivity index (χ0v) is 16.2. The van der Waals surface area contributed by atoms with Gasteiger partial charge < -0.3 is 19.1 Å². The highest BCUT2D eigenvalue weighted by Crippen LogP contribution is 2.36. The molecule has 2 heterocycles. The van der Waals surface area contributed by atoms with Crippen LogP contribution in [0.5, 0.6) is 17.2 Å². The lowest BCUT2D eigenvalue weighted by Crippen LogP contribution is -2.48. The Bertz CT molecular complexity index is 953. The average Bonchev–Trinajstić information content (AvgIpc) is 3.15. The number of benzene rings is 2. The number of ether oxygens (including phenoxy) is 3. The standard InChI is InChI=1S/C19H22N2O5S/c1-14-11-16(24-2)4-6-19(14)27(22,23)21-9-7-20(8-10-21)15-3-5-17-18(12-15)26-13-25-17/h3-6,11-12H,7-10,13H2,1-2H3. The number of nitrogens with zero attached hydrogens (tertiary/aromatic N) is 2. The monoisotopic (exact) mass is 390 g/mol. The Balaban J connectivity index is 1.48. The molecule has 1 fully saturated rings. The summed E-state index contributed by atoms with van der Waals surface area (Å²) < 4.78 is 43.6. The van der Waals surface area contributed by atoms with E-state index in [4.69, 9.17) is 14.2 Å². The predicted octanol–water partition coefficient (Wildman–Crippen LogP) is 2.24. The summed E-state index contributed by atoms with van der Waals surface area (Å²) in [4.78, 5) is 2.49. The molecule has 0 spiro atoms. The van der Waals surface area contributed by atoms with Crippen LogP contribution in [0.2, 0.25) is 0 Å². The third-order valence-corrected chi connectivity index (χ3v) is 7.02. The lowest BCUT2D eigenvalue weighted by molar-refractivity contribution is 0.174. The van der Waals surface area contributed by atoms with Crippen molar-refractivity contribution in [3.63, 3.8) is 0 Å². The summed E-state index contributed by atoms with van der Waals surface area (Å²) in [5, 5.41) is 0. The molecule has 0 aliphatic carbocycles. The first kappa shape index (κ1) is 17.9. The maximum atomic E-state index is 13.0. The molecular formula is C19H22N2O5S. The smallest absolute Gasteiger partial charge is 0.243 e. The highest BCUT2D eigenvalue weighted by Gasteiger charge is 2.30. The molecule has 27 heavy (non-hydrogen) atoms. The van der Waals surface area contributed by atoms with Crippen molar-refractivity contribution in [2.45, 2.75) is 11.8 Å². The Morgan fingerprint density at radius 2 is 1.70 bits per heavy atom. The molecular weight excluding hydrogens is 368 g/mol. The van der Waals surface area contributed by atoms with Crippen LogP contribution >= 0.6 is 0 Å². The number of fused-ring (bicyclic) bond motifs is 1. The molecule has 2 aliphatic heterocycles. The van der Waals surface area contributed by atoms with Crippen molar-refractivity contribution in [2.24, 2.45) is 0 Å². The molecule has 7 nitrogen and oxygen atoms in total. The number of hydrogen-bond donors (Lipinski definition) is 0. The van der Waals surface area contributed by atoms with Gasteiger partial charge in [0.1, 0.15) is 5.75 Å². The van der Waals surface area contributed by atoms with Gasteiger partial charge in [-0.2, -0.15) is 4.31 Å². The van der Waals surface area contributed by atoms with Crippen LogP contribution in [0.4, 0.5) is 5.69 Å². The van der Waals surface area contributed by atoms with E-state index < -0.39 is 10.0 Å². The Morgan fingerprint density at radius 1 is 0.963 bits per heavy atom. The van der Waals surface area contributed by atoms with E-state index in [1.807, 2.05) is 18.2 Å². The molecule has 8 heteroatoms. The minimum absolute atomic E-state index is 0.242. The van der Waals surface area contributed by atoms with Crippen molar-refractivity contribution in [3.8, 4) is 17.2 Å². The molecule has 0 amide bonds. The van der Waals surface area contributed by atoms with Gasteiger partial charge in [-0.25, -0.2) is 8.42 Å². The summed E-state index contributed by atoms with van der Waals surface area (Å²) in [7, 11) is -1.96. The summed E-state index contributed by atoms with van der Waals surface area (Å²) >= 11 is 0. The van der Waals surface area contributed by atoms with Crippen LogP contribution in [-0.2, 0) is 10.0 Å². The van der Waals surface area contributed by atoms with E-state index in [9.17, 15) is 8.42 Å². The summed E-state index contributed by atoms with van der Waals surface area (Å²) in [6, 6.07) is 10.9. The van der Waals surface area contributed by atoms with E-state index in [0.29, 0.717) is 42.4 Å². The molecule has 2 aromatic carbocycles. The van der Waals surface area contributed by atoms with E-state index in [1.165, 1.54) is 0 Å². The van der Waals surface area contributed by atoms with Crippen LogP contribution in [0.1, 0.15) is 5.56 Å². The summed E-state index contributed by atoms with van der Waals surface area (Å²) in [5.41, 5.74) is 1.70. The van der Waals surface area contributed by atoms with Crippen molar-refractivity contribution < 1.29 is 22.6 Å². The number of rotatable bonds is 4. The topological polar surface area (TPSA) is 68.3 Å². The van der Waals surface area contributed by atoms with E-state index in [-0.39, 0.29) is 6.79 Å². The zero-order valence-electron chi connectivity index (χ0n) is 15.3. The fourth-order valence-electron chi connectivity index (χ4n) is 3.45. The zero-order chi connectivity index (χ0) is 19.0. The van der Waals surface area contributed by atoms with Crippen molar-refractivity contribution in [1.82, 2.24) is 4.31 Å². The number of aryl methyl sites for hydroxylation is 1. The molecule has 0 N–H and O–H groups in total. The van der Waals surface area contributed by atoms with Crippen LogP contribution in [0, 0.1) is 6.92 Å². The van der Waals surface area contributed by atoms with Crippen LogP contribution in [0.25, 0.3) is 0 Å². The predicted molar refractivity (Wildman–Crippen MR) is 101 cm³/mol. The van der Waals surface area contributed by atoms with Gasteiger partial charge in [-0.1, -0.05) is 0 Å². The van der Waals surface area contributed by atoms with Gasteiger partial charge >= 0.3 is 0 Å². The Labute approximate surface area is 159 Å². The van der Waals surface area contributed by atoms with E-state index in [0.717, 1.165) is 17.2 Å². The first-order chi connectivity index (χ1) is 13.0. The van der Waals surface area contributed by atoms with Crippen LogP contribution in [0.15, 0.2) is 41.3 Å². The van der Waals surface area contributed by atoms with Gasteiger partial charge in [-0.3, -0.25) is 0 Å². The number of methoxy groups -OCH3 is 1. The Kier molecular flexibility index (Phi) is 4.61. The second kappa shape index (κ2) is 6.94. The number of anilines is 1. The van der Waals surface area contributed by atoms with Crippen molar-refractivity contribution in [1.29, 1.82) is 0 Å². The van der Waals surface area contributed by atoms with Crippen molar-refractivity contribution in [2.75, 3.05) is 45.0 Å². The lowest BCUT2D eigenvalue weighted by Gasteiger charge is -2.35. The maximum Gasteiger partial charge on any atom is 0.243 e. The molecule has 0 atom stereocenters. The SMILES string of the molecule is COc1ccc(S(=O)(=O)N2CCN(c3ccc4c(c3)OCO4)CC2)c(C)c1. The van der Waals surface area contributed by atoms with E-state index in [1.54, 1.807) is 36.5 Å². The molecule has 2 aliphatic rings. The molecule has 0 saturated carbocycles. The van der Waals surface area contributed by atoms with Crippen molar-refractivity contribution in [3.05, 3.63) is 42.0 Å². The van der Waals surface area contributed by atoms with Crippen LogP contribution in [-0.4, -0.2) is 52.8 Å². The van der Waals surface area contributed by atoms with Crippen LogP contribution in [0.3, 0.4) is 0 Å². The van der Waals surface area contributed by atoms with Gasteiger partial charge in [0.15, 0.2) is 11.5 Å². The van der Waals surface area contributed by atoms with Crippen molar-refractivity contribution >= 4 is 15.7 Å². The van der Waals surface area contributed by atoms with Gasteiger partial charge in [0.2, 0.25) is 16.8 Å². The van der Waals surface area contributed by atoms with Gasteiger partial charge in [0, 0.05) is 37.9 Å². The Morgan fingerprint density at radius 3 is 2.41 bits per heavy atom. The third-order valence-electron chi connectivity index (χ3n) is 4.96. The number of piperazine rings is 1. The molecule has 4 rings (SSSR count). The fourth-order valence-corrected chi connectivity index (χ4v) is 5.07. The number of hydrogen-bond acceptors (Lipinski definition) is 6. The van der Waals surface area contributed by atoms with E-state index in [2.05, 4.69) is 4.90 Å². The second-order valence-corrected chi connectivity index (χ2v) is 8.47. The molecule has 2 aromatic rings. The second-order valence-electron chi connectivity index (χ2n) is 6.56. The lowest BCUT2D eigenvalue weighted by atomic mass is 10.2. The van der Waals surface area contributed by atoms with E-state index >= 15 is 0 Å². The largest absolute Gasteiger partial charge is 0.497 e. The first-order valence-corrected chi connectivity index (χ1v) is 10.2. The maximum absolute atomic E-state index is 13.0. The molecule has 0 unspecified atom stereocenters. The fraction of sp³-hybridized carbons (Fsp3) is 0.368. The summed E-state index contributed by atoms with van der Waals surface area (Å²) in [5.74, 6) is 2.13. The summed E-state index contributed by atoms with van der Waals surface area (Å²) in [6.45, 7) is 4.14.